The topological polar surface area (TPSA) is 84.7 Å². The highest BCUT2D eigenvalue weighted by Crippen LogP contribution is 2.29. The molecule has 0 spiro atoms. The predicted octanol–water partition coefficient (Wildman–Crippen LogP) is 3.72. The van der Waals surface area contributed by atoms with Crippen LogP contribution < -0.4 is 10.1 Å². The van der Waals surface area contributed by atoms with Crippen LogP contribution in [0.1, 0.15) is 18.9 Å². The van der Waals surface area contributed by atoms with E-state index in [-0.39, 0.29) is 23.4 Å². The summed E-state index contributed by atoms with van der Waals surface area (Å²) in [5.41, 5.74) is 2.84. The fourth-order valence-electron chi connectivity index (χ4n) is 3.25. The average molecular weight is 381 g/mol. The van der Waals surface area contributed by atoms with Gasteiger partial charge in [0.2, 0.25) is 5.91 Å². The summed E-state index contributed by atoms with van der Waals surface area (Å²) in [6.07, 6.45) is 3.04. The molecule has 3 rings (SSSR count). The van der Waals surface area contributed by atoms with E-state index in [1.165, 1.54) is 36.4 Å². The normalized spacial score (nSPS) is 15.4. The Labute approximate surface area is 163 Å². The average Bonchev–Trinajstić information content (AvgIpc) is 2.74. The zero-order valence-electron chi connectivity index (χ0n) is 15.9. The summed E-state index contributed by atoms with van der Waals surface area (Å²) in [7, 11) is 1.42. The molecule has 1 aliphatic heterocycles. The second-order valence-electron chi connectivity index (χ2n) is 6.65. The number of rotatable bonds is 6. The molecule has 1 N–H and O–H groups in total. The molecule has 0 saturated heterocycles. The van der Waals surface area contributed by atoms with Crippen LogP contribution in [0.15, 0.2) is 54.6 Å². The van der Waals surface area contributed by atoms with Crippen molar-refractivity contribution in [2.45, 2.75) is 19.4 Å². The van der Waals surface area contributed by atoms with Gasteiger partial charge in [-0.05, 0) is 30.5 Å². The number of methoxy groups -OCH3 is 1. The van der Waals surface area contributed by atoms with Gasteiger partial charge in [-0.3, -0.25) is 19.8 Å². The molecular weight excluding hydrogens is 358 g/mol. The molecule has 2 aromatic carbocycles. The molecular formula is C21H23N3O4. The fourth-order valence-corrected chi connectivity index (χ4v) is 3.25. The van der Waals surface area contributed by atoms with Gasteiger partial charge in [0.15, 0.2) is 0 Å². The number of anilines is 1. The number of benzene rings is 2. The summed E-state index contributed by atoms with van der Waals surface area (Å²) in [5, 5.41) is 13.7. The van der Waals surface area contributed by atoms with Crippen molar-refractivity contribution in [3.8, 4) is 5.75 Å². The molecule has 0 fully saturated rings. The number of hydrogen-bond acceptors (Lipinski definition) is 5. The van der Waals surface area contributed by atoms with Gasteiger partial charge < -0.3 is 10.1 Å². The van der Waals surface area contributed by atoms with E-state index in [1.54, 1.807) is 0 Å². The second kappa shape index (κ2) is 8.67. The highest BCUT2D eigenvalue weighted by molar-refractivity contribution is 5.96. The van der Waals surface area contributed by atoms with E-state index in [1.807, 2.05) is 25.1 Å². The Morgan fingerprint density at radius 1 is 1.25 bits per heavy atom. The number of nitro groups is 1. The lowest BCUT2D eigenvalue weighted by Gasteiger charge is -2.31. The first kappa shape index (κ1) is 19.6. The number of nitrogens with one attached hydrogen (secondary N) is 1. The van der Waals surface area contributed by atoms with Crippen LogP contribution in [0.2, 0.25) is 0 Å². The monoisotopic (exact) mass is 381 g/mol. The summed E-state index contributed by atoms with van der Waals surface area (Å²) < 4.78 is 5.18. The zero-order valence-corrected chi connectivity index (χ0v) is 15.9. The number of hydrogen-bond donors (Lipinski definition) is 1. The van der Waals surface area contributed by atoms with Gasteiger partial charge in [-0.25, -0.2) is 0 Å². The van der Waals surface area contributed by atoms with Crippen LogP contribution in [-0.4, -0.2) is 42.0 Å². The Bertz CT molecular complexity index is 896. The van der Waals surface area contributed by atoms with Crippen LogP contribution in [0.4, 0.5) is 11.4 Å². The Morgan fingerprint density at radius 3 is 2.61 bits per heavy atom. The Hall–Kier alpha value is -3.19. The lowest BCUT2D eigenvalue weighted by Crippen LogP contribution is -2.44. The number of nitro benzene ring substituents is 1. The molecule has 146 valence electrons. The zero-order chi connectivity index (χ0) is 20.1. The van der Waals surface area contributed by atoms with E-state index in [9.17, 15) is 14.9 Å². The standard InChI is InChI=1S/C21H23N3O4/c1-15(23-12-10-17(11-13-23)16-6-4-3-5-7-16)21(25)22-19-9-8-18(24(26)27)14-20(19)28-2/h3-10,14-15H,11-13H2,1-2H3,(H,22,25)/t15-/m0/s1. The molecule has 1 amide bonds. The van der Waals surface area contributed by atoms with Gasteiger partial charge in [0.25, 0.3) is 5.69 Å². The van der Waals surface area contributed by atoms with Crippen LogP contribution in [0.5, 0.6) is 5.75 Å². The molecule has 0 aliphatic carbocycles. The molecule has 0 saturated carbocycles. The Morgan fingerprint density at radius 2 is 2.00 bits per heavy atom. The maximum Gasteiger partial charge on any atom is 0.273 e. The Balaban J connectivity index is 1.66. The minimum absolute atomic E-state index is 0.0856. The van der Waals surface area contributed by atoms with Crippen molar-refractivity contribution in [1.82, 2.24) is 4.90 Å². The highest BCUT2D eigenvalue weighted by Gasteiger charge is 2.24. The SMILES string of the molecule is COc1cc([N+](=O)[O-])ccc1NC(=O)[C@H](C)N1CC=C(c2ccccc2)CC1. The van der Waals surface area contributed by atoms with E-state index in [4.69, 9.17) is 4.74 Å². The minimum atomic E-state index is -0.499. The lowest BCUT2D eigenvalue weighted by molar-refractivity contribution is -0.384. The van der Waals surface area contributed by atoms with Crippen molar-refractivity contribution >= 4 is 22.9 Å². The van der Waals surface area contributed by atoms with Gasteiger partial charge in [-0.15, -0.1) is 0 Å². The van der Waals surface area contributed by atoms with Crippen LogP contribution >= 0.6 is 0 Å². The molecule has 0 bridgehead atoms. The molecule has 1 aliphatic rings. The number of amides is 1. The van der Waals surface area contributed by atoms with E-state index in [0.29, 0.717) is 12.2 Å². The summed E-state index contributed by atoms with van der Waals surface area (Å²) in [5.74, 6) is 0.0865. The summed E-state index contributed by atoms with van der Waals surface area (Å²) in [4.78, 5) is 25.2. The van der Waals surface area contributed by atoms with Gasteiger partial charge in [-0.1, -0.05) is 36.4 Å². The fraction of sp³-hybridized carbons (Fsp3) is 0.286. The Kier molecular flexibility index (Phi) is 6.06. The van der Waals surface area contributed by atoms with Crippen LogP contribution in [-0.2, 0) is 4.79 Å². The molecule has 2 aromatic rings. The highest BCUT2D eigenvalue weighted by atomic mass is 16.6. The molecule has 1 heterocycles. The molecule has 0 unspecified atom stereocenters. The third-order valence-electron chi connectivity index (χ3n) is 4.97. The molecule has 1 atom stereocenters. The first-order chi connectivity index (χ1) is 13.5. The maximum atomic E-state index is 12.7. The predicted molar refractivity (Wildman–Crippen MR) is 108 cm³/mol. The number of carbonyl (C=O) groups excluding carboxylic acids is 1. The maximum absolute atomic E-state index is 12.7. The number of ether oxygens (including phenoxy) is 1. The van der Waals surface area contributed by atoms with Crippen molar-refractivity contribution in [1.29, 1.82) is 0 Å². The quantitative estimate of drug-likeness (QED) is 0.609. The van der Waals surface area contributed by atoms with Crippen molar-refractivity contribution in [2.24, 2.45) is 0 Å². The first-order valence-electron chi connectivity index (χ1n) is 9.11. The third-order valence-corrected chi connectivity index (χ3v) is 4.97. The number of non-ortho nitro benzene ring substituents is 1. The molecule has 0 radical (unpaired) electrons. The van der Waals surface area contributed by atoms with Crippen molar-refractivity contribution < 1.29 is 14.5 Å². The van der Waals surface area contributed by atoms with Crippen molar-refractivity contribution in [2.75, 3.05) is 25.5 Å². The van der Waals surface area contributed by atoms with Gasteiger partial charge in [0.05, 0.1) is 29.8 Å². The van der Waals surface area contributed by atoms with E-state index in [0.717, 1.165) is 13.0 Å². The summed E-state index contributed by atoms with van der Waals surface area (Å²) >= 11 is 0. The lowest BCUT2D eigenvalue weighted by atomic mass is 9.99. The smallest absolute Gasteiger partial charge is 0.273 e. The number of carbonyl (C=O) groups is 1. The van der Waals surface area contributed by atoms with Crippen molar-refractivity contribution in [3.63, 3.8) is 0 Å². The van der Waals surface area contributed by atoms with Crippen molar-refractivity contribution in [3.05, 3.63) is 70.3 Å². The van der Waals surface area contributed by atoms with Crippen LogP contribution in [0.25, 0.3) is 5.57 Å². The molecule has 0 aromatic heterocycles. The number of nitrogens with zero attached hydrogens (tertiary/aromatic N) is 2. The van der Waals surface area contributed by atoms with E-state index < -0.39 is 4.92 Å². The molecule has 7 nitrogen and oxygen atoms in total. The van der Waals surface area contributed by atoms with E-state index >= 15 is 0 Å². The van der Waals surface area contributed by atoms with Gasteiger partial charge in [0.1, 0.15) is 5.75 Å². The molecule has 28 heavy (non-hydrogen) atoms. The van der Waals surface area contributed by atoms with Crippen LogP contribution in [0, 0.1) is 10.1 Å². The third kappa shape index (κ3) is 4.37. The van der Waals surface area contributed by atoms with Gasteiger partial charge in [0, 0.05) is 19.2 Å². The summed E-state index contributed by atoms with van der Waals surface area (Å²) in [6.45, 7) is 3.33. The largest absolute Gasteiger partial charge is 0.494 e. The molecule has 7 heteroatoms. The second-order valence-corrected chi connectivity index (χ2v) is 6.65. The van der Waals surface area contributed by atoms with Crippen LogP contribution in [0.3, 0.4) is 0 Å². The minimum Gasteiger partial charge on any atom is -0.494 e. The first-order valence-corrected chi connectivity index (χ1v) is 9.11. The van der Waals surface area contributed by atoms with Gasteiger partial charge >= 0.3 is 0 Å². The van der Waals surface area contributed by atoms with E-state index in [2.05, 4.69) is 28.4 Å². The summed E-state index contributed by atoms with van der Waals surface area (Å²) in [6, 6.07) is 14.0. The van der Waals surface area contributed by atoms with Gasteiger partial charge in [-0.2, -0.15) is 0 Å².